The molecule has 0 atom stereocenters. The molecule has 0 aliphatic carbocycles. The second-order valence-corrected chi connectivity index (χ2v) is 9.89. The first-order chi connectivity index (χ1) is 12.6. The van der Waals surface area contributed by atoms with Crippen LogP contribution in [0.25, 0.3) is 0 Å². The first-order valence-corrected chi connectivity index (χ1v) is 12.8. The predicted octanol–water partition coefficient (Wildman–Crippen LogP) is 3.66. The number of likely N-dealkylation sites (N-methyl/N-ethyl adjacent to an activating group) is 1. The van der Waals surface area contributed by atoms with Crippen LogP contribution >= 0.6 is 11.8 Å². The topological polar surface area (TPSA) is 20.2 Å². The molecule has 0 fully saturated rings. The monoisotopic (exact) mass is 515 g/mol. The van der Waals surface area contributed by atoms with Gasteiger partial charge in [-0.2, -0.15) is 11.8 Å². The zero-order valence-corrected chi connectivity index (χ0v) is 21.8. The van der Waals surface area contributed by atoms with E-state index in [1.54, 1.807) is 0 Å². The maximum Gasteiger partial charge on any atom is 0.102 e. The quantitative estimate of drug-likeness (QED) is 0.143. The third-order valence-corrected chi connectivity index (χ3v) is 6.55. The average molecular weight is 516 g/mol. The van der Waals surface area contributed by atoms with Crippen molar-refractivity contribution in [1.29, 1.82) is 0 Å². The second-order valence-electron chi connectivity index (χ2n) is 8.67. The van der Waals surface area contributed by atoms with E-state index in [2.05, 4.69) is 32.8 Å². The molecule has 0 amide bonds. The van der Waals surface area contributed by atoms with Crippen LogP contribution in [0.2, 0.25) is 0 Å². The number of unbranched alkanes of at least 4 members (excludes halogenated alkanes) is 13. The van der Waals surface area contributed by atoms with Crippen LogP contribution in [0.1, 0.15) is 103 Å². The Hall–Kier alpha value is 1.00. The van der Waals surface area contributed by atoms with E-state index in [0.717, 1.165) is 11.0 Å². The Kier molecular flexibility index (Phi) is 26.0. The minimum absolute atomic E-state index is 0. The molecular weight excluding hydrogens is 465 g/mol. The summed E-state index contributed by atoms with van der Waals surface area (Å²) < 4.78 is 0.954. The number of thioether (sulfide) groups is 1. The number of halogens is 1. The van der Waals surface area contributed by atoms with Crippen molar-refractivity contribution in [3.63, 3.8) is 0 Å². The number of hydrogen-bond donors (Lipinski definition) is 1. The molecule has 27 heavy (non-hydrogen) atoms. The normalized spacial score (nSPS) is 11.6. The van der Waals surface area contributed by atoms with Crippen LogP contribution in [0, 0.1) is 0 Å². The van der Waals surface area contributed by atoms with E-state index < -0.39 is 0 Å². The molecule has 0 aromatic heterocycles. The molecule has 0 aromatic carbocycles. The summed E-state index contributed by atoms with van der Waals surface area (Å²) in [5, 5.41) is 9.03. The van der Waals surface area contributed by atoms with Gasteiger partial charge in [-0.25, -0.2) is 0 Å². The van der Waals surface area contributed by atoms with Crippen molar-refractivity contribution in [1.82, 2.24) is 0 Å². The third-order valence-electron chi connectivity index (χ3n) is 5.40. The summed E-state index contributed by atoms with van der Waals surface area (Å²) >= 11 is 2.12. The van der Waals surface area contributed by atoms with Gasteiger partial charge in [-0.05, 0) is 17.9 Å². The molecule has 2 nitrogen and oxygen atoms in total. The van der Waals surface area contributed by atoms with Crippen molar-refractivity contribution < 1.29 is 33.6 Å². The van der Waals surface area contributed by atoms with Gasteiger partial charge in [-0.3, -0.25) is 0 Å². The van der Waals surface area contributed by atoms with Gasteiger partial charge in [-0.1, -0.05) is 90.4 Å². The first kappa shape index (κ1) is 30.2. The maximum absolute atomic E-state index is 9.03. The Morgan fingerprint density at radius 2 is 1.00 bits per heavy atom. The van der Waals surface area contributed by atoms with Crippen LogP contribution in [-0.2, 0) is 0 Å². The highest BCUT2D eigenvalue weighted by atomic mass is 127. The smallest absolute Gasteiger partial charge is 0.102 e. The lowest BCUT2D eigenvalue weighted by molar-refractivity contribution is -0.890. The maximum atomic E-state index is 9.03. The van der Waals surface area contributed by atoms with Crippen LogP contribution in [-0.4, -0.2) is 54.9 Å². The summed E-state index contributed by atoms with van der Waals surface area (Å²) in [4.78, 5) is 0. The zero-order valence-electron chi connectivity index (χ0n) is 18.8. The molecular formula is C23H50INOS. The van der Waals surface area contributed by atoms with Crippen LogP contribution in [0.5, 0.6) is 0 Å². The van der Waals surface area contributed by atoms with Crippen LogP contribution in [0.4, 0.5) is 0 Å². The van der Waals surface area contributed by atoms with Crippen molar-refractivity contribution >= 4 is 11.8 Å². The van der Waals surface area contributed by atoms with E-state index >= 15 is 0 Å². The molecule has 0 rings (SSSR count). The van der Waals surface area contributed by atoms with E-state index in [-0.39, 0.29) is 24.0 Å². The fourth-order valence-corrected chi connectivity index (χ4v) is 4.42. The Morgan fingerprint density at radius 3 is 1.44 bits per heavy atom. The van der Waals surface area contributed by atoms with Gasteiger partial charge in [0.2, 0.25) is 0 Å². The van der Waals surface area contributed by atoms with Gasteiger partial charge >= 0.3 is 0 Å². The summed E-state index contributed by atoms with van der Waals surface area (Å²) in [6, 6.07) is 0. The molecule has 0 saturated heterocycles. The second kappa shape index (κ2) is 23.3. The van der Waals surface area contributed by atoms with Gasteiger partial charge in [0.05, 0.1) is 27.2 Å². The van der Waals surface area contributed by atoms with Gasteiger partial charge in [0.25, 0.3) is 0 Å². The molecule has 0 aromatic rings. The van der Waals surface area contributed by atoms with E-state index in [0.29, 0.717) is 6.61 Å². The van der Waals surface area contributed by atoms with Crippen LogP contribution < -0.4 is 24.0 Å². The van der Waals surface area contributed by atoms with Gasteiger partial charge in [0.1, 0.15) is 6.54 Å². The number of nitrogens with zero attached hydrogens (tertiary/aromatic N) is 1. The molecule has 4 heteroatoms. The van der Waals surface area contributed by atoms with E-state index in [4.69, 9.17) is 5.11 Å². The largest absolute Gasteiger partial charge is 1.00 e. The van der Waals surface area contributed by atoms with Crippen molar-refractivity contribution in [3.8, 4) is 0 Å². The van der Waals surface area contributed by atoms with Crippen LogP contribution in [0.3, 0.4) is 0 Å². The van der Waals surface area contributed by atoms with E-state index in [1.165, 1.54) is 114 Å². The summed E-state index contributed by atoms with van der Waals surface area (Å²) in [6.45, 7) is 4.66. The van der Waals surface area contributed by atoms with Crippen molar-refractivity contribution in [2.75, 3.05) is 45.3 Å². The van der Waals surface area contributed by atoms with Gasteiger partial charge in [0, 0.05) is 6.42 Å². The van der Waals surface area contributed by atoms with Gasteiger partial charge in [0.15, 0.2) is 0 Å². The van der Waals surface area contributed by atoms with Crippen molar-refractivity contribution in [2.24, 2.45) is 0 Å². The zero-order chi connectivity index (χ0) is 19.3. The molecule has 0 saturated carbocycles. The Balaban J connectivity index is 0. The lowest BCUT2D eigenvalue weighted by Crippen LogP contribution is -3.00. The first-order valence-electron chi connectivity index (χ1n) is 11.6. The summed E-state index contributed by atoms with van der Waals surface area (Å²) in [6.07, 6.45) is 21.5. The molecule has 0 aliphatic heterocycles. The van der Waals surface area contributed by atoms with Gasteiger partial charge < -0.3 is 33.6 Å². The Labute approximate surface area is 193 Å². The van der Waals surface area contributed by atoms with Gasteiger partial charge in [-0.15, -0.1) is 0 Å². The number of aliphatic hydroxyl groups is 1. The molecule has 0 spiro atoms. The van der Waals surface area contributed by atoms with E-state index in [9.17, 15) is 0 Å². The minimum Gasteiger partial charge on any atom is -1.00 e. The molecule has 0 heterocycles. The summed E-state index contributed by atoms with van der Waals surface area (Å²) in [5.74, 6) is 2.62. The molecule has 166 valence electrons. The Bertz CT molecular complexity index is 277. The lowest BCUT2D eigenvalue weighted by atomic mass is 10.0. The number of aliphatic hydroxyl groups excluding tert-OH is 1. The van der Waals surface area contributed by atoms with Crippen LogP contribution in [0.15, 0.2) is 0 Å². The highest BCUT2D eigenvalue weighted by Gasteiger charge is 2.12. The highest BCUT2D eigenvalue weighted by molar-refractivity contribution is 7.99. The fraction of sp³-hybridized carbons (Fsp3) is 1.00. The number of hydrogen-bond acceptors (Lipinski definition) is 2. The number of quaternary nitrogens is 1. The fourth-order valence-electron chi connectivity index (χ4n) is 3.48. The molecule has 0 radical (unpaired) electrons. The SMILES string of the molecule is CCCCCCCCCCCCCCCCSCCC[N+](C)(C)CCO.[I-]. The number of rotatable bonds is 21. The third kappa shape index (κ3) is 25.0. The Morgan fingerprint density at radius 1 is 0.593 bits per heavy atom. The highest BCUT2D eigenvalue weighted by Crippen LogP contribution is 2.14. The molecule has 0 bridgehead atoms. The lowest BCUT2D eigenvalue weighted by Gasteiger charge is -2.28. The predicted molar refractivity (Wildman–Crippen MR) is 121 cm³/mol. The minimum atomic E-state index is 0. The molecule has 1 N–H and O–H groups in total. The standard InChI is InChI=1S/C23H50NOS.HI/c1-4-5-6-7-8-9-10-11-12-13-14-15-16-17-22-26-23-18-19-24(2,3)20-21-25;/h25H,4-23H2,1-3H3;1H/q+1;/p-1. The van der Waals surface area contributed by atoms with Crippen molar-refractivity contribution in [2.45, 2.75) is 103 Å². The van der Waals surface area contributed by atoms with E-state index in [1.807, 2.05) is 0 Å². The molecule has 0 unspecified atom stereocenters. The molecule has 0 aliphatic rings. The van der Waals surface area contributed by atoms with Crippen molar-refractivity contribution in [3.05, 3.63) is 0 Å². The summed E-state index contributed by atoms with van der Waals surface area (Å²) in [5.41, 5.74) is 0. The average Bonchev–Trinajstić information content (AvgIpc) is 2.60. The summed E-state index contributed by atoms with van der Waals surface area (Å²) in [7, 11) is 4.43.